The molecule has 0 radical (unpaired) electrons. The predicted molar refractivity (Wildman–Crippen MR) is 96.8 cm³/mol. The summed E-state index contributed by atoms with van der Waals surface area (Å²) in [6.07, 6.45) is 0. The Morgan fingerprint density at radius 3 is 2.44 bits per heavy atom. The second kappa shape index (κ2) is 7.37. The number of piperazine rings is 1. The highest BCUT2D eigenvalue weighted by Crippen LogP contribution is 2.27. The van der Waals surface area contributed by atoms with Crippen molar-refractivity contribution in [3.8, 4) is 0 Å². The molecule has 0 saturated carbocycles. The molecule has 1 fully saturated rings. The number of nitrogens with zero attached hydrogens (tertiary/aromatic N) is 4. The number of amides is 1. The molecule has 0 aliphatic carbocycles. The van der Waals surface area contributed by atoms with E-state index in [0.29, 0.717) is 18.8 Å². The first-order valence-electron chi connectivity index (χ1n) is 8.29. The highest BCUT2D eigenvalue weighted by molar-refractivity contribution is 6.31. The molecule has 1 aliphatic rings. The lowest BCUT2D eigenvalue weighted by Gasteiger charge is -2.38. The van der Waals surface area contributed by atoms with Crippen molar-refractivity contribution < 1.29 is 4.79 Å². The molecule has 1 atom stereocenters. The van der Waals surface area contributed by atoms with Crippen LogP contribution in [0.2, 0.25) is 5.02 Å². The number of halogens is 1. The zero-order valence-electron chi connectivity index (χ0n) is 14.4. The van der Waals surface area contributed by atoms with E-state index < -0.39 is 0 Å². The lowest BCUT2D eigenvalue weighted by Crippen LogP contribution is -2.49. The monoisotopic (exact) mass is 360 g/mol. The molecular formula is C18H21ClN4O2. The van der Waals surface area contributed by atoms with Gasteiger partial charge in [-0.15, -0.1) is 0 Å². The summed E-state index contributed by atoms with van der Waals surface area (Å²) in [5.41, 5.74) is 1.17. The van der Waals surface area contributed by atoms with E-state index in [4.69, 9.17) is 11.6 Å². The Morgan fingerprint density at radius 1 is 1.12 bits per heavy atom. The minimum absolute atomic E-state index is 0.138. The maximum Gasteiger partial charge on any atom is 0.274 e. The van der Waals surface area contributed by atoms with E-state index in [1.54, 1.807) is 11.9 Å². The van der Waals surface area contributed by atoms with Crippen LogP contribution in [-0.4, -0.2) is 51.7 Å². The highest BCUT2D eigenvalue weighted by Gasteiger charge is 2.26. The van der Waals surface area contributed by atoms with Crippen molar-refractivity contribution >= 4 is 17.5 Å². The van der Waals surface area contributed by atoms with Gasteiger partial charge in [0.15, 0.2) is 0 Å². The molecule has 0 bridgehead atoms. The molecule has 1 aliphatic heterocycles. The third-order valence-electron chi connectivity index (χ3n) is 4.68. The van der Waals surface area contributed by atoms with Gasteiger partial charge in [0.25, 0.3) is 11.5 Å². The van der Waals surface area contributed by atoms with Crippen molar-refractivity contribution in [2.24, 2.45) is 7.05 Å². The van der Waals surface area contributed by atoms with Gasteiger partial charge in [0.1, 0.15) is 5.69 Å². The van der Waals surface area contributed by atoms with E-state index >= 15 is 0 Å². The molecule has 0 spiro atoms. The molecule has 2 aromatic rings. The van der Waals surface area contributed by atoms with E-state index in [1.807, 2.05) is 24.3 Å². The fraction of sp³-hybridized carbons (Fsp3) is 0.389. The second-order valence-corrected chi connectivity index (χ2v) is 6.61. The van der Waals surface area contributed by atoms with Crippen LogP contribution in [0.1, 0.15) is 29.0 Å². The number of carbonyl (C=O) groups excluding carboxylic acids is 1. The quantitative estimate of drug-likeness (QED) is 0.839. The molecule has 3 rings (SSSR count). The van der Waals surface area contributed by atoms with Crippen LogP contribution in [0.4, 0.5) is 0 Å². The maximum atomic E-state index is 12.6. The fourth-order valence-electron chi connectivity index (χ4n) is 3.10. The van der Waals surface area contributed by atoms with Crippen molar-refractivity contribution in [2.45, 2.75) is 13.0 Å². The second-order valence-electron chi connectivity index (χ2n) is 6.21. The molecule has 0 N–H and O–H groups in total. The van der Waals surface area contributed by atoms with Gasteiger partial charge in [0, 0.05) is 50.4 Å². The average molecular weight is 361 g/mol. The summed E-state index contributed by atoms with van der Waals surface area (Å²) in [7, 11) is 1.54. The van der Waals surface area contributed by atoms with Crippen LogP contribution in [-0.2, 0) is 7.05 Å². The normalized spacial score (nSPS) is 16.7. The first-order valence-corrected chi connectivity index (χ1v) is 8.67. The van der Waals surface area contributed by atoms with Crippen molar-refractivity contribution in [3.63, 3.8) is 0 Å². The Kier molecular flexibility index (Phi) is 5.20. The van der Waals surface area contributed by atoms with Crippen LogP contribution in [0.5, 0.6) is 0 Å². The first-order chi connectivity index (χ1) is 12.0. The van der Waals surface area contributed by atoms with E-state index in [0.717, 1.165) is 23.7 Å². The van der Waals surface area contributed by atoms with E-state index in [2.05, 4.69) is 16.9 Å². The molecule has 6 nitrogen and oxygen atoms in total. The zero-order chi connectivity index (χ0) is 18.0. The smallest absolute Gasteiger partial charge is 0.274 e. The van der Waals surface area contributed by atoms with Gasteiger partial charge in [-0.05, 0) is 24.6 Å². The van der Waals surface area contributed by atoms with Crippen molar-refractivity contribution in [1.29, 1.82) is 0 Å². The minimum atomic E-state index is -0.227. The molecule has 1 unspecified atom stereocenters. The number of benzene rings is 1. The Bertz CT molecular complexity index is 828. The molecule has 1 amide bonds. The molecule has 25 heavy (non-hydrogen) atoms. The average Bonchev–Trinajstić information content (AvgIpc) is 2.63. The summed E-state index contributed by atoms with van der Waals surface area (Å²) in [4.78, 5) is 28.1. The van der Waals surface area contributed by atoms with Crippen LogP contribution in [0.3, 0.4) is 0 Å². The van der Waals surface area contributed by atoms with E-state index in [-0.39, 0.29) is 17.5 Å². The molecule has 1 saturated heterocycles. The summed E-state index contributed by atoms with van der Waals surface area (Å²) in [5.74, 6) is -0.138. The van der Waals surface area contributed by atoms with Crippen molar-refractivity contribution in [3.05, 3.63) is 63.0 Å². The largest absolute Gasteiger partial charge is 0.335 e. The summed E-state index contributed by atoms with van der Waals surface area (Å²) < 4.78 is 1.18. The fourth-order valence-corrected chi connectivity index (χ4v) is 3.39. The van der Waals surface area contributed by atoms with Gasteiger partial charge < -0.3 is 4.90 Å². The predicted octanol–water partition coefficient (Wildman–Crippen LogP) is 1.95. The van der Waals surface area contributed by atoms with Gasteiger partial charge in [0.2, 0.25) is 0 Å². The SMILES string of the molecule is CC(c1ccccc1Cl)N1CCN(C(=O)c2ccc(=O)n(C)n2)CC1. The summed E-state index contributed by atoms with van der Waals surface area (Å²) >= 11 is 6.30. The lowest BCUT2D eigenvalue weighted by atomic mass is 10.1. The topological polar surface area (TPSA) is 58.4 Å². The van der Waals surface area contributed by atoms with Crippen LogP contribution < -0.4 is 5.56 Å². The van der Waals surface area contributed by atoms with Crippen molar-refractivity contribution in [2.75, 3.05) is 26.2 Å². The molecule has 2 heterocycles. The lowest BCUT2D eigenvalue weighted by molar-refractivity contribution is 0.0574. The number of rotatable bonds is 3. The van der Waals surface area contributed by atoms with Crippen LogP contribution in [0.25, 0.3) is 0 Å². The molecule has 132 valence electrons. The van der Waals surface area contributed by atoms with E-state index in [9.17, 15) is 9.59 Å². The van der Waals surface area contributed by atoms with Crippen LogP contribution in [0.15, 0.2) is 41.2 Å². The molecule has 1 aromatic heterocycles. The molecule has 1 aromatic carbocycles. The van der Waals surface area contributed by atoms with Gasteiger partial charge in [-0.3, -0.25) is 14.5 Å². The first kappa shape index (κ1) is 17.6. The van der Waals surface area contributed by atoms with Gasteiger partial charge in [0.05, 0.1) is 0 Å². The van der Waals surface area contributed by atoms with Gasteiger partial charge in [-0.2, -0.15) is 5.10 Å². The number of hydrogen-bond acceptors (Lipinski definition) is 4. The Balaban J connectivity index is 1.65. The highest BCUT2D eigenvalue weighted by atomic mass is 35.5. The van der Waals surface area contributed by atoms with Crippen LogP contribution >= 0.6 is 11.6 Å². The molecular weight excluding hydrogens is 340 g/mol. The number of aryl methyl sites for hydroxylation is 1. The minimum Gasteiger partial charge on any atom is -0.335 e. The van der Waals surface area contributed by atoms with Crippen molar-refractivity contribution in [1.82, 2.24) is 19.6 Å². The summed E-state index contributed by atoms with van der Waals surface area (Å²) in [6.45, 7) is 4.91. The third kappa shape index (κ3) is 3.75. The van der Waals surface area contributed by atoms with Gasteiger partial charge in [-0.25, -0.2) is 4.68 Å². The van der Waals surface area contributed by atoms with E-state index in [1.165, 1.54) is 16.8 Å². The maximum absolute atomic E-state index is 12.6. The van der Waals surface area contributed by atoms with Crippen LogP contribution in [0, 0.1) is 0 Å². The standard InChI is InChI=1S/C18H21ClN4O2/c1-13(14-5-3-4-6-15(14)19)22-9-11-23(12-10-22)18(25)16-7-8-17(24)21(2)20-16/h3-8,13H,9-12H2,1-2H3. The summed E-state index contributed by atoms with van der Waals surface area (Å²) in [5, 5.41) is 4.81. The summed E-state index contributed by atoms with van der Waals surface area (Å²) in [6, 6.07) is 10.9. The molecule has 7 heteroatoms. The number of carbonyl (C=O) groups is 1. The van der Waals surface area contributed by atoms with Gasteiger partial charge in [-0.1, -0.05) is 29.8 Å². The third-order valence-corrected chi connectivity index (χ3v) is 5.03. The van der Waals surface area contributed by atoms with Gasteiger partial charge >= 0.3 is 0 Å². The Hall–Kier alpha value is -2.18. The zero-order valence-corrected chi connectivity index (χ0v) is 15.1. The Labute approximate surface area is 151 Å². The number of hydrogen-bond donors (Lipinski definition) is 0. The Morgan fingerprint density at radius 2 is 1.80 bits per heavy atom. The number of aromatic nitrogens is 2.